The van der Waals surface area contributed by atoms with Crippen molar-refractivity contribution in [2.45, 2.75) is 33.4 Å². The monoisotopic (exact) mass is 417 g/mol. The normalized spacial score (nSPS) is 11.2. The molecule has 0 fully saturated rings. The summed E-state index contributed by atoms with van der Waals surface area (Å²) in [6.07, 6.45) is 0.660. The Morgan fingerprint density at radius 2 is 1.86 bits per heavy atom. The van der Waals surface area contributed by atoms with Gasteiger partial charge in [-0.05, 0) is 42.7 Å². The zero-order valence-electron chi connectivity index (χ0n) is 16.1. The summed E-state index contributed by atoms with van der Waals surface area (Å²) in [5.41, 5.74) is -0.211. The number of aromatic nitrogens is 2. The molecule has 3 rings (SSSR count). The average molecular weight is 418 g/mol. The first-order chi connectivity index (χ1) is 13.8. The number of hydrogen-bond donors (Lipinski definition) is 1. The Kier molecular flexibility index (Phi) is 6.17. The Balaban J connectivity index is 1.99. The van der Waals surface area contributed by atoms with Crippen LogP contribution in [-0.4, -0.2) is 15.0 Å². The third-order valence-electron chi connectivity index (χ3n) is 4.57. The highest BCUT2D eigenvalue weighted by molar-refractivity contribution is 6.31. The van der Waals surface area contributed by atoms with Crippen molar-refractivity contribution in [3.63, 3.8) is 0 Å². The minimum Gasteiger partial charge on any atom is -0.324 e. The smallest absolute Gasteiger partial charge is 0.324 e. The van der Waals surface area contributed by atoms with E-state index in [4.69, 9.17) is 11.6 Å². The molecular weight excluding hydrogens is 397 g/mol. The predicted octanol–water partition coefficient (Wildman–Crippen LogP) is 3.64. The SMILES string of the molecule is CC(C)CCn1c(=O)c2ccccc2n(CC(=O)Nc2ccc(F)c(Cl)c2)c1=O. The second-order valence-corrected chi connectivity index (χ2v) is 7.61. The van der Waals surface area contributed by atoms with Crippen LogP contribution in [0.4, 0.5) is 10.1 Å². The van der Waals surface area contributed by atoms with Gasteiger partial charge in [-0.3, -0.25) is 18.7 Å². The van der Waals surface area contributed by atoms with Crippen LogP contribution in [0.5, 0.6) is 0 Å². The van der Waals surface area contributed by atoms with E-state index in [1.54, 1.807) is 24.3 Å². The number of fused-ring (bicyclic) bond motifs is 1. The van der Waals surface area contributed by atoms with Gasteiger partial charge >= 0.3 is 5.69 Å². The number of amides is 1. The molecule has 29 heavy (non-hydrogen) atoms. The van der Waals surface area contributed by atoms with Crippen LogP contribution in [0.1, 0.15) is 20.3 Å². The second kappa shape index (κ2) is 8.61. The summed E-state index contributed by atoms with van der Waals surface area (Å²) in [6, 6.07) is 10.5. The molecule has 2 aromatic carbocycles. The van der Waals surface area contributed by atoms with Crippen molar-refractivity contribution in [1.82, 2.24) is 9.13 Å². The molecule has 152 valence electrons. The van der Waals surface area contributed by atoms with E-state index in [2.05, 4.69) is 5.32 Å². The molecule has 0 radical (unpaired) electrons. The lowest BCUT2D eigenvalue weighted by molar-refractivity contribution is -0.116. The molecule has 1 amide bonds. The highest BCUT2D eigenvalue weighted by Crippen LogP contribution is 2.19. The van der Waals surface area contributed by atoms with Gasteiger partial charge in [-0.25, -0.2) is 9.18 Å². The van der Waals surface area contributed by atoms with Crippen molar-refractivity contribution in [3.05, 3.63) is 74.1 Å². The van der Waals surface area contributed by atoms with Crippen molar-refractivity contribution >= 4 is 34.1 Å². The number of carbonyl (C=O) groups excluding carboxylic acids is 1. The fourth-order valence-electron chi connectivity index (χ4n) is 3.03. The molecule has 8 heteroatoms. The molecule has 0 aliphatic rings. The number of halogens is 2. The topological polar surface area (TPSA) is 73.1 Å². The van der Waals surface area contributed by atoms with E-state index in [0.29, 0.717) is 28.9 Å². The molecule has 3 aromatic rings. The molecule has 1 heterocycles. The average Bonchev–Trinajstić information content (AvgIpc) is 2.68. The van der Waals surface area contributed by atoms with Gasteiger partial charge in [0.2, 0.25) is 5.91 Å². The Hall–Kier alpha value is -2.93. The number of rotatable bonds is 6. The van der Waals surface area contributed by atoms with E-state index in [-0.39, 0.29) is 23.7 Å². The molecule has 0 aliphatic carbocycles. The lowest BCUT2D eigenvalue weighted by Crippen LogP contribution is -2.42. The first kappa shape index (κ1) is 20.8. The lowest BCUT2D eigenvalue weighted by Gasteiger charge is -2.15. The van der Waals surface area contributed by atoms with Crippen LogP contribution in [0.15, 0.2) is 52.1 Å². The van der Waals surface area contributed by atoms with E-state index in [9.17, 15) is 18.8 Å². The van der Waals surface area contributed by atoms with Crippen LogP contribution in [0.25, 0.3) is 10.9 Å². The van der Waals surface area contributed by atoms with Gasteiger partial charge in [0.05, 0.1) is 15.9 Å². The summed E-state index contributed by atoms with van der Waals surface area (Å²) in [6.45, 7) is 3.99. The highest BCUT2D eigenvalue weighted by atomic mass is 35.5. The second-order valence-electron chi connectivity index (χ2n) is 7.20. The maximum Gasteiger partial charge on any atom is 0.331 e. The molecule has 0 saturated heterocycles. The van der Waals surface area contributed by atoms with Crippen molar-refractivity contribution < 1.29 is 9.18 Å². The van der Waals surface area contributed by atoms with Gasteiger partial charge < -0.3 is 5.32 Å². The fourth-order valence-corrected chi connectivity index (χ4v) is 3.21. The molecule has 0 unspecified atom stereocenters. The molecule has 0 spiro atoms. The molecule has 0 saturated carbocycles. The summed E-state index contributed by atoms with van der Waals surface area (Å²) in [5.74, 6) is -0.772. The van der Waals surface area contributed by atoms with Gasteiger partial charge in [0, 0.05) is 12.2 Å². The van der Waals surface area contributed by atoms with Crippen LogP contribution >= 0.6 is 11.6 Å². The molecular formula is C21H21ClFN3O3. The minimum absolute atomic E-state index is 0.118. The van der Waals surface area contributed by atoms with E-state index >= 15 is 0 Å². The number of carbonyl (C=O) groups is 1. The summed E-state index contributed by atoms with van der Waals surface area (Å²) >= 11 is 5.74. The van der Waals surface area contributed by atoms with E-state index in [1.165, 1.54) is 21.3 Å². The third-order valence-corrected chi connectivity index (χ3v) is 4.86. The Morgan fingerprint density at radius 3 is 2.55 bits per heavy atom. The van der Waals surface area contributed by atoms with Crippen molar-refractivity contribution in [3.8, 4) is 0 Å². The van der Waals surface area contributed by atoms with E-state index in [1.807, 2.05) is 13.8 Å². The van der Waals surface area contributed by atoms with Crippen LogP contribution < -0.4 is 16.6 Å². The molecule has 6 nitrogen and oxygen atoms in total. The van der Waals surface area contributed by atoms with Crippen molar-refractivity contribution in [2.24, 2.45) is 5.92 Å². The van der Waals surface area contributed by atoms with Gasteiger partial charge in [-0.2, -0.15) is 0 Å². The number of benzene rings is 2. The van der Waals surface area contributed by atoms with Crippen LogP contribution in [0.2, 0.25) is 5.02 Å². The molecule has 1 N–H and O–H groups in total. The van der Waals surface area contributed by atoms with E-state index < -0.39 is 17.4 Å². The Morgan fingerprint density at radius 1 is 1.14 bits per heavy atom. The van der Waals surface area contributed by atoms with Gasteiger partial charge in [-0.15, -0.1) is 0 Å². The molecule has 0 atom stereocenters. The van der Waals surface area contributed by atoms with Crippen LogP contribution in [-0.2, 0) is 17.9 Å². The standard InChI is InChI=1S/C21H21ClFN3O3/c1-13(2)9-10-25-20(28)15-5-3-4-6-18(15)26(21(25)29)12-19(27)24-14-7-8-17(23)16(22)11-14/h3-8,11,13H,9-10,12H2,1-2H3,(H,24,27). The summed E-state index contributed by atoms with van der Waals surface area (Å²) in [7, 11) is 0. The maximum atomic E-state index is 13.3. The third kappa shape index (κ3) is 4.56. The first-order valence-electron chi connectivity index (χ1n) is 9.25. The molecule has 1 aromatic heterocycles. The predicted molar refractivity (Wildman–Crippen MR) is 112 cm³/mol. The highest BCUT2D eigenvalue weighted by Gasteiger charge is 2.16. The minimum atomic E-state index is -0.593. The zero-order valence-corrected chi connectivity index (χ0v) is 16.9. The lowest BCUT2D eigenvalue weighted by atomic mass is 10.1. The van der Waals surface area contributed by atoms with Gasteiger partial charge in [0.15, 0.2) is 0 Å². The summed E-state index contributed by atoms with van der Waals surface area (Å²) in [5, 5.41) is 2.85. The molecule has 0 bridgehead atoms. The summed E-state index contributed by atoms with van der Waals surface area (Å²) < 4.78 is 15.7. The first-order valence-corrected chi connectivity index (χ1v) is 9.63. The number of anilines is 1. The maximum absolute atomic E-state index is 13.3. The van der Waals surface area contributed by atoms with Crippen LogP contribution in [0, 0.1) is 11.7 Å². The Bertz CT molecular complexity index is 1180. The zero-order chi connectivity index (χ0) is 21.1. The van der Waals surface area contributed by atoms with Gasteiger partial charge in [-0.1, -0.05) is 37.6 Å². The molecule has 0 aliphatic heterocycles. The largest absolute Gasteiger partial charge is 0.331 e. The van der Waals surface area contributed by atoms with E-state index in [0.717, 1.165) is 6.07 Å². The van der Waals surface area contributed by atoms with Crippen LogP contribution in [0.3, 0.4) is 0 Å². The van der Waals surface area contributed by atoms with Gasteiger partial charge in [0.1, 0.15) is 12.4 Å². The van der Waals surface area contributed by atoms with Crippen molar-refractivity contribution in [1.29, 1.82) is 0 Å². The number of para-hydroxylation sites is 1. The Labute approximate surface area is 171 Å². The van der Waals surface area contributed by atoms with Gasteiger partial charge in [0.25, 0.3) is 5.56 Å². The number of hydrogen-bond acceptors (Lipinski definition) is 3. The number of nitrogens with one attached hydrogen (secondary N) is 1. The fraction of sp³-hybridized carbons (Fsp3) is 0.286. The number of nitrogens with zero attached hydrogens (tertiary/aromatic N) is 2. The van der Waals surface area contributed by atoms with Crippen molar-refractivity contribution in [2.75, 3.05) is 5.32 Å². The summed E-state index contributed by atoms with van der Waals surface area (Å²) in [4.78, 5) is 38.3. The quantitative estimate of drug-likeness (QED) is 0.665.